The summed E-state index contributed by atoms with van der Waals surface area (Å²) in [4.78, 5) is 56.2. The highest BCUT2D eigenvalue weighted by Crippen LogP contribution is 2.50. The molecule has 6 atom stereocenters. The van der Waals surface area contributed by atoms with Gasteiger partial charge >= 0.3 is 0 Å². The van der Waals surface area contributed by atoms with Gasteiger partial charge in [0.25, 0.3) is 0 Å². The van der Waals surface area contributed by atoms with Crippen molar-refractivity contribution in [1.29, 1.82) is 0 Å². The van der Waals surface area contributed by atoms with Crippen LogP contribution in [0.2, 0.25) is 0 Å². The number of allylic oxidation sites excluding steroid dienone is 4. The fourth-order valence-corrected chi connectivity index (χ4v) is 9.41. The molecule has 0 bridgehead atoms. The molecule has 4 aliphatic rings. The van der Waals surface area contributed by atoms with Crippen LogP contribution in [0.15, 0.2) is 133 Å². The molecule has 4 aromatic rings. The van der Waals surface area contributed by atoms with E-state index in [0.29, 0.717) is 24.2 Å². The Bertz CT molecular complexity index is 1970. The van der Waals surface area contributed by atoms with E-state index in [9.17, 15) is 19.2 Å². The van der Waals surface area contributed by atoms with Gasteiger partial charge in [0.1, 0.15) is 0 Å². The zero-order valence-corrected chi connectivity index (χ0v) is 33.5. The predicted octanol–water partition coefficient (Wildman–Crippen LogP) is 10.7. The number of hydrogen-bond donors (Lipinski definition) is 0. The second-order valence-electron chi connectivity index (χ2n) is 18.3. The molecular formula is C50H54N2O4. The van der Waals surface area contributed by atoms with Crippen molar-refractivity contribution in [2.75, 3.05) is 9.80 Å². The lowest BCUT2D eigenvalue weighted by molar-refractivity contribution is -0.124. The van der Waals surface area contributed by atoms with E-state index in [0.717, 1.165) is 24.0 Å². The summed E-state index contributed by atoms with van der Waals surface area (Å²) < 4.78 is 0. The number of para-hydroxylation sites is 2. The van der Waals surface area contributed by atoms with E-state index in [1.165, 1.54) is 20.9 Å². The number of rotatable bonds is 6. The SMILES string of the molecule is CC(C)(C)C[C@H]1C=C(c2ccccc2)C[C@H]2C(=O)N(c3ccccc3)C(=O)[C@@H]12.CC(C)(C)C[C@H]1C=C(c2ccccc2)C[C@H]2C(=O)N(c3ccccc3)C(=O)[C@@H]12. The number of carbonyl (C=O) groups excluding carboxylic acids is 4. The standard InChI is InChI=1S/2C25H27NO2/c2*1-25(2,3)16-19-14-18(17-10-6-4-7-11-17)15-21-22(19)24(28)26(23(21)27)20-12-8-5-9-13-20/h2*4-14,19,21-22H,15-16H2,1-3H3/t2*19-,21-,22+/m11/s1. The van der Waals surface area contributed by atoms with Gasteiger partial charge in [-0.3, -0.25) is 29.0 Å². The molecule has 2 aliphatic heterocycles. The molecule has 0 radical (unpaired) electrons. The second-order valence-corrected chi connectivity index (χ2v) is 18.3. The fraction of sp³-hybridized carbons (Fsp3) is 0.360. The molecule has 56 heavy (non-hydrogen) atoms. The maximum Gasteiger partial charge on any atom is 0.238 e. The zero-order valence-electron chi connectivity index (χ0n) is 33.5. The van der Waals surface area contributed by atoms with Crippen LogP contribution in [0.5, 0.6) is 0 Å². The summed E-state index contributed by atoms with van der Waals surface area (Å²) in [5.74, 6) is -1.14. The van der Waals surface area contributed by atoms with E-state index in [4.69, 9.17) is 0 Å². The van der Waals surface area contributed by atoms with Gasteiger partial charge in [0.2, 0.25) is 23.6 Å². The quantitative estimate of drug-likeness (QED) is 0.184. The third-order valence-corrected chi connectivity index (χ3v) is 11.6. The number of fused-ring (bicyclic) bond motifs is 2. The predicted molar refractivity (Wildman–Crippen MR) is 225 cm³/mol. The van der Waals surface area contributed by atoms with Crippen LogP contribution in [-0.2, 0) is 19.2 Å². The molecule has 288 valence electrons. The zero-order chi connectivity index (χ0) is 39.8. The number of carbonyl (C=O) groups is 4. The van der Waals surface area contributed by atoms with E-state index in [2.05, 4.69) is 78.0 Å². The third kappa shape index (κ3) is 8.11. The average molecular weight is 747 g/mol. The Labute approximate surface area is 332 Å². The van der Waals surface area contributed by atoms with Gasteiger partial charge in [-0.05, 0) is 94.9 Å². The molecule has 2 heterocycles. The number of nitrogens with zero attached hydrogens (tertiary/aromatic N) is 2. The Morgan fingerprint density at radius 1 is 0.446 bits per heavy atom. The van der Waals surface area contributed by atoms with Gasteiger partial charge in [0, 0.05) is 0 Å². The maximum absolute atomic E-state index is 13.4. The van der Waals surface area contributed by atoms with Crippen LogP contribution in [0.4, 0.5) is 11.4 Å². The summed E-state index contributed by atoms with van der Waals surface area (Å²) in [5, 5.41) is 0. The van der Waals surface area contributed by atoms with Crippen molar-refractivity contribution in [1.82, 2.24) is 0 Å². The van der Waals surface area contributed by atoms with Crippen LogP contribution < -0.4 is 9.80 Å². The molecule has 4 amide bonds. The molecule has 4 aromatic carbocycles. The minimum atomic E-state index is -0.278. The van der Waals surface area contributed by atoms with Crippen LogP contribution in [0, 0.1) is 46.3 Å². The lowest BCUT2D eigenvalue weighted by Crippen LogP contribution is -2.33. The van der Waals surface area contributed by atoms with Gasteiger partial charge in [0.05, 0.1) is 35.0 Å². The summed E-state index contributed by atoms with van der Waals surface area (Å²) >= 11 is 0. The summed E-state index contributed by atoms with van der Waals surface area (Å²) in [6.07, 6.45) is 7.55. The van der Waals surface area contributed by atoms with Crippen LogP contribution in [0.25, 0.3) is 11.1 Å². The fourth-order valence-electron chi connectivity index (χ4n) is 9.41. The van der Waals surface area contributed by atoms with Crippen molar-refractivity contribution in [3.8, 4) is 0 Å². The molecule has 6 heteroatoms. The Hall–Kier alpha value is -5.36. The molecule has 0 spiro atoms. The first-order chi connectivity index (χ1) is 26.7. The van der Waals surface area contributed by atoms with Gasteiger partial charge in [0.15, 0.2) is 0 Å². The highest BCUT2D eigenvalue weighted by atomic mass is 16.2. The third-order valence-electron chi connectivity index (χ3n) is 11.6. The highest BCUT2D eigenvalue weighted by molar-refractivity contribution is 6.23. The topological polar surface area (TPSA) is 74.8 Å². The smallest absolute Gasteiger partial charge is 0.238 e. The normalized spacial score (nSPS) is 24.9. The summed E-state index contributed by atoms with van der Waals surface area (Å²) in [5.41, 5.74) is 6.20. The Balaban J connectivity index is 0.000000172. The van der Waals surface area contributed by atoms with Gasteiger partial charge < -0.3 is 0 Å². The van der Waals surface area contributed by atoms with Crippen molar-refractivity contribution in [2.45, 2.75) is 67.2 Å². The molecule has 2 fully saturated rings. The lowest BCUT2D eigenvalue weighted by Gasteiger charge is -2.34. The van der Waals surface area contributed by atoms with Gasteiger partial charge in [-0.2, -0.15) is 0 Å². The van der Waals surface area contributed by atoms with Crippen molar-refractivity contribution in [3.63, 3.8) is 0 Å². The first kappa shape index (κ1) is 38.9. The van der Waals surface area contributed by atoms with E-state index in [-0.39, 0.29) is 70.0 Å². The monoisotopic (exact) mass is 746 g/mol. The average Bonchev–Trinajstić information content (AvgIpc) is 3.59. The van der Waals surface area contributed by atoms with Crippen molar-refractivity contribution >= 4 is 46.1 Å². The second kappa shape index (κ2) is 15.6. The molecule has 8 rings (SSSR count). The minimum Gasteiger partial charge on any atom is -0.274 e. The summed E-state index contributed by atoms with van der Waals surface area (Å²) in [6, 6.07) is 39.2. The summed E-state index contributed by atoms with van der Waals surface area (Å²) in [6.45, 7) is 13.2. The van der Waals surface area contributed by atoms with Crippen LogP contribution in [-0.4, -0.2) is 23.6 Å². The first-order valence-corrected chi connectivity index (χ1v) is 20.1. The van der Waals surface area contributed by atoms with Crippen LogP contribution in [0.3, 0.4) is 0 Å². The number of hydrogen-bond acceptors (Lipinski definition) is 4. The van der Waals surface area contributed by atoms with Gasteiger partial charge in [-0.1, -0.05) is 151 Å². The highest BCUT2D eigenvalue weighted by Gasteiger charge is 2.54. The summed E-state index contributed by atoms with van der Waals surface area (Å²) in [7, 11) is 0. The molecule has 0 saturated carbocycles. The molecule has 2 saturated heterocycles. The van der Waals surface area contributed by atoms with Crippen molar-refractivity contribution in [3.05, 3.63) is 145 Å². The van der Waals surface area contributed by atoms with E-state index < -0.39 is 0 Å². The minimum absolute atomic E-state index is 0.0428. The van der Waals surface area contributed by atoms with E-state index >= 15 is 0 Å². The Morgan fingerprint density at radius 2 is 0.750 bits per heavy atom. The van der Waals surface area contributed by atoms with Crippen molar-refractivity contribution in [2.24, 2.45) is 46.3 Å². The number of amides is 4. The number of anilines is 2. The molecule has 2 aliphatic carbocycles. The molecular weight excluding hydrogens is 693 g/mol. The van der Waals surface area contributed by atoms with E-state index in [1.54, 1.807) is 0 Å². The maximum atomic E-state index is 13.4. The molecule has 6 nitrogen and oxygen atoms in total. The largest absolute Gasteiger partial charge is 0.274 e. The van der Waals surface area contributed by atoms with Gasteiger partial charge in [-0.15, -0.1) is 0 Å². The van der Waals surface area contributed by atoms with Crippen molar-refractivity contribution < 1.29 is 19.2 Å². The van der Waals surface area contributed by atoms with Crippen LogP contribution in [0.1, 0.15) is 78.4 Å². The first-order valence-electron chi connectivity index (χ1n) is 20.1. The van der Waals surface area contributed by atoms with Gasteiger partial charge in [-0.25, -0.2) is 0 Å². The lowest BCUT2D eigenvalue weighted by atomic mass is 9.68. The van der Waals surface area contributed by atoms with E-state index in [1.807, 2.05) is 97.1 Å². The molecule has 0 aromatic heterocycles. The molecule has 0 unspecified atom stereocenters. The number of imide groups is 2. The molecule has 0 N–H and O–H groups in total. The van der Waals surface area contributed by atoms with Crippen LogP contribution >= 0.6 is 0 Å². The Kier molecular flexibility index (Phi) is 10.9. The number of benzene rings is 4. The Morgan fingerprint density at radius 3 is 1.05 bits per heavy atom.